The molecular weight excluding hydrogens is 140 g/mol. The Labute approximate surface area is 67.6 Å². The van der Waals surface area contributed by atoms with E-state index in [0.29, 0.717) is 12.6 Å². The van der Waals surface area contributed by atoms with Gasteiger partial charge in [0.05, 0.1) is 19.0 Å². The van der Waals surface area contributed by atoms with Gasteiger partial charge >= 0.3 is 0 Å². The van der Waals surface area contributed by atoms with Crippen LogP contribution in [0.15, 0.2) is 0 Å². The fraction of sp³-hybridized carbons (Fsp3) is 0.750. The second kappa shape index (κ2) is 4.86. The maximum atomic E-state index is 10.9. The Kier molecular flexibility index (Phi) is 4.47. The van der Waals surface area contributed by atoms with Crippen LogP contribution in [0.3, 0.4) is 0 Å². The predicted molar refractivity (Wildman–Crippen MR) is 43.0 cm³/mol. The van der Waals surface area contributed by atoms with E-state index < -0.39 is 0 Å². The van der Waals surface area contributed by atoms with E-state index in [2.05, 4.69) is 0 Å². The minimum Gasteiger partial charge on any atom is -0.297 e. The SMILES string of the molecule is CC(C)N(C)CC(=O)CC#N. The van der Waals surface area contributed by atoms with Gasteiger partial charge in [-0.05, 0) is 20.9 Å². The highest BCUT2D eigenvalue weighted by molar-refractivity contribution is 5.82. The van der Waals surface area contributed by atoms with Crippen LogP contribution in [0.5, 0.6) is 0 Å². The third-order valence-corrected chi connectivity index (χ3v) is 1.58. The molecule has 0 saturated heterocycles. The van der Waals surface area contributed by atoms with Crippen molar-refractivity contribution in [3.8, 4) is 6.07 Å². The van der Waals surface area contributed by atoms with Crippen molar-refractivity contribution >= 4 is 5.78 Å². The number of likely N-dealkylation sites (N-methyl/N-ethyl adjacent to an activating group) is 1. The first kappa shape index (κ1) is 10.1. The standard InChI is InChI=1S/C8H14N2O/c1-7(2)10(3)6-8(11)4-5-9/h7H,4,6H2,1-3H3. The van der Waals surface area contributed by atoms with Gasteiger partial charge in [0.25, 0.3) is 0 Å². The molecule has 0 aliphatic carbocycles. The highest BCUT2D eigenvalue weighted by Gasteiger charge is 2.07. The van der Waals surface area contributed by atoms with E-state index in [0.717, 1.165) is 0 Å². The second-order valence-corrected chi connectivity index (χ2v) is 2.88. The molecule has 0 aromatic carbocycles. The average molecular weight is 154 g/mol. The molecule has 0 N–H and O–H groups in total. The van der Waals surface area contributed by atoms with Crippen LogP contribution >= 0.6 is 0 Å². The van der Waals surface area contributed by atoms with Gasteiger partial charge in [-0.15, -0.1) is 0 Å². The molecule has 0 unspecified atom stereocenters. The highest BCUT2D eigenvalue weighted by atomic mass is 16.1. The molecule has 0 rings (SSSR count). The fourth-order valence-electron chi connectivity index (χ4n) is 0.605. The van der Waals surface area contributed by atoms with E-state index in [1.165, 1.54) is 0 Å². The Balaban J connectivity index is 3.68. The predicted octanol–water partition coefficient (Wildman–Crippen LogP) is 0.809. The molecule has 3 heteroatoms. The molecule has 0 atom stereocenters. The van der Waals surface area contributed by atoms with Crippen LogP contribution in [0.1, 0.15) is 20.3 Å². The van der Waals surface area contributed by atoms with Gasteiger partial charge in [0.15, 0.2) is 5.78 Å². The lowest BCUT2D eigenvalue weighted by atomic mass is 10.2. The number of rotatable bonds is 4. The number of hydrogen-bond acceptors (Lipinski definition) is 3. The Morgan fingerprint density at radius 3 is 2.55 bits per heavy atom. The largest absolute Gasteiger partial charge is 0.297 e. The molecule has 0 radical (unpaired) electrons. The number of nitrogens with zero attached hydrogens (tertiary/aromatic N) is 2. The highest BCUT2D eigenvalue weighted by Crippen LogP contribution is 1.94. The van der Waals surface area contributed by atoms with Crippen LogP contribution < -0.4 is 0 Å². The van der Waals surface area contributed by atoms with Crippen LogP contribution in [-0.4, -0.2) is 30.3 Å². The zero-order valence-corrected chi connectivity index (χ0v) is 7.29. The summed E-state index contributed by atoms with van der Waals surface area (Å²) in [5, 5.41) is 8.20. The van der Waals surface area contributed by atoms with Gasteiger partial charge in [-0.2, -0.15) is 5.26 Å². The first-order chi connectivity index (χ1) is 5.07. The maximum Gasteiger partial charge on any atom is 0.160 e. The van der Waals surface area contributed by atoms with Crippen molar-refractivity contribution in [2.45, 2.75) is 26.3 Å². The van der Waals surface area contributed by atoms with E-state index in [1.54, 1.807) is 0 Å². The van der Waals surface area contributed by atoms with E-state index in [9.17, 15) is 4.79 Å². The van der Waals surface area contributed by atoms with Crippen molar-refractivity contribution in [3.05, 3.63) is 0 Å². The maximum absolute atomic E-state index is 10.9. The van der Waals surface area contributed by atoms with Crippen molar-refractivity contribution in [1.82, 2.24) is 4.90 Å². The number of Topliss-reactive ketones (excluding diaryl/α,β-unsaturated/α-hetero) is 1. The quantitative estimate of drug-likeness (QED) is 0.602. The molecule has 0 aromatic heterocycles. The van der Waals surface area contributed by atoms with Gasteiger partial charge in [0, 0.05) is 6.04 Å². The van der Waals surface area contributed by atoms with E-state index >= 15 is 0 Å². The molecule has 0 fully saturated rings. The van der Waals surface area contributed by atoms with Gasteiger partial charge in [-0.25, -0.2) is 0 Å². The van der Waals surface area contributed by atoms with E-state index in [1.807, 2.05) is 31.9 Å². The summed E-state index contributed by atoms with van der Waals surface area (Å²) in [7, 11) is 1.87. The van der Waals surface area contributed by atoms with Crippen LogP contribution in [-0.2, 0) is 4.79 Å². The second-order valence-electron chi connectivity index (χ2n) is 2.88. The number of ketones is 1. The third kappa shape index (κ3) is 4.51. The molecule has 0 aromatic rings. The Hall–Kier alpha value is -0.880. The first-order valence-corrected chi connectivity index (χ1v) is 3.66. The lowest BCUT2D eigenvalue weighted by Crippen LogP contribution is -2.31. The monoisotopic (exact) mass is 154 g/mol. The lowest BCUT2D eigenvalue weighted by Gasteiger charge is -2.18. The Morgan fingerprint density at radius 1 is 1.64 bits per heavy atom. The van der Waals surface area contributed by atoms with Gasteiger partial charge in [-0.3, -0.25) is 9.69 Å². The summed E-state index contributed by atoms with van der Waals surface area (Å²) in [6.45, 7) is 4.41. The normalized spacial score (nSPS) is 10.2. The van der Waals surface area contributed by atoms with Crippen molar-refractivity contribution in [2.75, 3.05) is 13.6 Å². The molecule has 0 aliphatic heterocycles. The molecule has 0 spiro atoms. The molecule has 0 saturated carbocycles. The molecule has 0 amide bonds. The van der Waals surface area contributed by atoms with Gasteiger partial charge in [0.2, 0.25) is 0 Å². The number of carbonyl (C=O) groups is 1. The van der Waals surface area contributed by atoms with E-state index in [4.69, 9.17) is 5.26 Å². The summed E-state index contributed by atoms with van der Waals surface area (Å²) in [6.07, 6.45) is 0.0249. The molecule has 11 heavy (non-hydrogen) atoms. The van der Waals surface area contributed by atoms with Crippen molar-refractivity contribution < 1.29 is 4.79 Å². The zero-order valence-electron chi connectivity index (χ0n) is 7.29. The number of carbonyl (C=O) groups excluding carboxylic acids is 1. The number of nitriles is 1. The Morgan fingerprint density at radius 2 is 2.18 bits per heavy atom. The minimum absolute atomic E-state index is 0.0105. The minimum atomic E-state index is -0.0105. The summed E-state index contributed by atoms with van der Waals surface area (Å²) < 4.78 is 0. The average Bonchev–Trinajstić information content (AvgIpc) is 1.87. The Bertz CT molecular complexity index is 169. The smallest absolute Gasteiger partial charge is 0.160 e. The fourth-order valence-corrected chi connectivity index (χ4v) is 0.605. The van der Waals surface area contributed by atoms with E-state index in [-0.39, 0.29) is 12.2 Å². The molecule has 0 heterocycles. The lowest BCUT2D eigenvalue weighted by molar-refractivity contribution is -0.119. The third-order valence-electron chi connectivity index (χ3n) is 1.58. The summed E-state index contributed by atoms with van der Waals surface area (Å²) in [5.74, 6) is -0.0105. The van der Waals surface area contributed by atoms with Crippen LogP contribution in [0, 0.1) is 11.3 Å². The van der Waals surface area contributed by atoms with Crippen molar-refractivity contribution in [3.63, 3.8) is 0 Å². The van der Waals surface area contributed by atoms with Crippen LogP contribution in [0.25, 0.3) is 0 Å². The number of hydrogen-bond donors (Lipinski definition) is 0. The van der Waals surface area contributed by atoms with Crippen molar-refractivity contribution in [1.29, 1.82) is 5.26 Å². The molecule has 0 aliphatic rings. The van der Waals surface area contributed by atoms with Crippen LogP contribution in [0.4, 0.5) is 0 Å². The summed E-state index contributed by atoms with van der Waals surface area (Å²) in [4.78, 5) is 12.8. The van der Waals surface area contributed by atoms with Gasteiger partial charge < -0.3 is 0 Å². The first-order valence-electron chi connectivity index (χ1n) is 3.66. The summed E-state index contributed by atoms with van der Waals surface area (Å²) >= 11 is 0. The van der Waals surface area contributed by atoms with Crippen molar-refractivity contribution in [2.24, 2.45) is 0 Å². The molecule has 3 nitrogen and oxygen atoms in total. The molecular formula is C8H14N2O. The molecule has 0 bridgehead atoms. The molecule has 62 valence electrons. The summed E-state index contributed by atoms with van der Waals surface area (Å²) in [5.41, 5.74) is 0. The zero-order chi connectivity index (χ0) is 8.85. The van der Waals surface area contributed by atoms with Crippen LogP contribution in [0.2, 0.25) is 0 Å². The van der Waals surface area contributed by atoms with Gasteiger partial charge in [-0.1, -0.05) is 0 Å². The summed E-state index contributed by atoms with van der Waals surface area (Å²) in [6, 6.07) is 2.19. The topological polar surface area (TPSA) is 44.1 Å². The van der Waals surface area contributed by atoms with Gasteiger partial charge in [0.1, 0.15) is 0 Å².